The number of nitrogens with two attached hydrogens (primary N) is 1. The van der Waals surface area contributed by atoms with Crippen LogP contribution in [-0.4, -0.2) is 15.7 Å². The van der Waals surface area contributed by atoms with Gasteiger partial charge in [-0.05, 0) is 22.9 Å². The van der Waals surface area contributed by atoms with E-state index in [0.717, 1.165) is 4.47 Å². The van der Waals surface area contributed by atoms with Gasteiger partial charge in [0.2, 0.25) is 5.91 Å². The fourth-order valence-electron chi connectivity index (χ4n) is 0.657. The van der Waals surface area contributed by atoms with Crippen LogP contribution in [0.15, 0.2) is 16.9 Å². The van der Waals surface area contributed by atoms with Gasteiger partial charge in [0.1, 0.15) is 6.04 Å². The summed E-state index contributed by atoms with van der Waals surface area (Å²) in [6.07, 6.45) is 3.31. The second-order valence-electron chi connectivity index (χ2n) is 2.22. The topological polar surface area (TPSA) is 60.9 Å². The molecule has 1 amide bonds. The Hall–Kier alpha value is -0.840. The molecule has 60 valence electrons. The Labute approximate surface area is 72.5 Å². The predicted molar refractivity (Wildman–Crippen MR) is 43.8 cm³/mol. The Morgan fingerprint density at radius 2 is 2.55 bits per heavy atom. The zero-order valence-corrected chi connectivity index (χ0v) is 7.58. The molecule has 0 radical (unpaired) electrons. The predicted octanol–water partition coefficient (Wildman–Crippen LogP) is 0.692. The van der Waals surface area contributed by atoms with E-state index in [1.807, 2.05) is 0 Å². The van der Waals surface area contributed by atoms with Crippen LogP contribution in [0.25, 0.3) is 0 Å². The highest BCUT2D eigenvalue weighted by Gasteiger charge is 2.10. The summed E-state index contributed by atoms with van der Waals surface area (Å²) in [6.45, 7) is 1.70. The number of nitrogens with zero attached hydrogens (tertiary/aromatic N) is 2. The molecule has 4 nitrogen and oxygen atoms in total. The summed E-state index contributed by atoms with van der Waals surface area (Å²) < 4.78 is 2.34. The third-order valence-electron chi connectivity index (χ3n) is 1.38. The molecule has 0 aliphatic carbocycles. The summed E-state index contributed by atoms with van der Waals surface area (Å²) in [7, 11) is 0. The van der Waals surface area contributed by atoms with Crippen molar-refractivity contribution in [3.05, 3.63) is 16.9 Å². The van der Waals surface area contributed by atoms with Gasteiger partial charge in [-0.2, -0.15) is 5.10 Å². The Morgan fingerprint density at radius 1 is 1.91 bits per heavy atom. The third-order valence-corrected chi connectivity index (χ3v) is 1.79. The lowest BCUT2D eigenvalue weighted by molar-refractivity contribution is -0.120. The lowest BCUT2D eigenvalue weighted by atomic mass is 10.3. The van der Waals surface area contributed by atoms with Crippen LogP contribution >= 0.6 is 15.9 Å². The maximum atomic E-state index is 10.7. The molecule has 1 atom stereocenters. The molecule has 0 saturated carbocycles. The van der Waals surface area contributed by atoms with Gasteiger partial charge in [0.15, 0.2) is 0 Å². The van der Waals surface area contributed by atoms with E-state index in [-0.39, 0.29) is 11.9 Å². The second-order valence-corrected chi connectivity index (χ2v) is 3.13. The van der Waals surface area contributed by atoms with Crippen LogP contribution in [0.4, 0.5) is 0 Å². The average Bonchev–Trinajstić information content (AvgIpc) is 2.34. The third kappa shape index (κ3) is 1.80. The van der Waals surface area contributed by atoms with Gasteiger partial charge in [0.25, 0.3) is 0 Å². The van der Waals surface area contributed by atoms with Crippen LogP contribution in [0.3, 0.4) is 0 Å². The first-order chi connectivity index (χ1) is 5.11. The van der Waals surface area contributed by atoms with Crippen molar-refractivity contribution in [2.45, 2.75) is 13.0 Å². The molecule has 0 aliphatic heterocycles. The lowest BCUT2D eigenvalue weighted by Gasteiger charge is -2.05. The Balaban J connectivity index is 2.84. The molecule has 1 heterocycles. The van der Waals surface area contributed by atoms with Crippen LogP contribution in [0, 0.1) is 0 Å². The van der Waals surface area contributed by atoms with Crippen molar-refractivity contribution in [1.29, 1.82) is 0 Å². The Kier molecular flexibility index (Phi) is 2.28. The molecular weight excluding hydrogens is 210 g/mol. The Morgan fingerprint density at radius 3 is 2.91 bits per heavy atom. The number of amides is 1. The van der Waals surface area contributed by atoms with E-state index in [0.29, 0.717) is 0 Å². The largest absolute Gasteiger partial charge is 0.368 e. The van der Waals surface area contributed by atoms with Crippen LogP contribution in [0.1, 0.15) is 13.0 Å². The number of primary amides is 1. The molecule has 0 fully saturated rings. The number of aromatic nitrogens is 2. The van der Waals surface area contributed by atoms with Crippen molar-refractivity contribution in [3.63, 3.8) is 0 Å². The molecule has 0 saturated heterocycles. The highest BCUT2D eigenvalue weighted by Crippen LogP contribution is 2.10. The van der Waals surface area contributed by atoms with Crippen molar-refractivity contribution >= 4 is 21.8 Å². The second kappa shape index (κ2) is 3.04. The molecule has 5 heteroatoms. The summed E-state index contributed by atoms with van der Waals surface area (Å²) in [4.78, 5) is 10.7. The van der Waals surface area contributed by atoms with Crippen molar-refractivity contribution in [1.82, 2.24) is 9.78 Å². The molecule has 1 aromatic heterocycles. The minimum atomic E-state index is -0.388. The van der Waals surface area contributed by atoms with Gasteiger partial charge in [-0.3, -0.25) is 9.48 Å². The molecule has 0 unspecified atom stereocenters. The standard InChI is InChI=1S/C6H8BrN3O/c1-4(6(8)11)10-3-5(7)2-9-10/h2-4H,1H3,(H2,8,11)/t4-/m0/s1. The molecular formula is C6H8BrN3O. The van der Waals surface area contributed by atoms with Crippen LogP contribution < -0.4 is 5.73 Å². The van der Waals surface area contributed by atoms with Gasteiger partial charge >= 0.3 is 0 Å². The first-order valence-corrected chi connectivity index (χ1v) is 3.89. The summed E-state index contributed by atoms with van der Waals surface area (Å²) in [5, 5.41) is 3.91. The quantitative estimate of drug-likeness (QED) is 0.793. The first-order valence-electron chi connectivity index (χ1n) is 3.10. The first kappa shape index (κ1) is 8.26. The van der Waals surface area contributed by atoms with Gasteiger partial charge in [-0.15, -0.1) is 0 Å². The maximum absolute atomic E-state index is 10.7. The lowest BCUT2D eigenvalue weighted by Crippen LogP contribution is -2.24. The van der Waals surface area contributed by atoms with Crippen LogP contribution in [0.5, 0.6) is 0 Å². The van der Waals surface area contributed by atoms with E-state index in [2.05, 4.69) is 21.0 Å². The number of hydrogen-bond donors (Lipinski definition) is 1. The van der Waals surface area contributed by atoms with E-state index >= 15 is 0 Å². The monoisotopic (exact) mass is 217 g/mol. The van der Waals surface area contributed by atoms with E-state index in [4.69, 9.17) is 5.73 Å². The highest BCUT2D eigenvalue weighted by atomic mass is 79.9. The van der Waals surface area contributed by atoms with Gasteiger partial charge in [0.05, 0.1) is 10.7 Å². The molecule has 0 aliphatic rings. The van der Waals surface area contributed by atoms with Crippen molar-refractivity contribution in [2.75, 3.05) is 0 Å². The molecule has 0 aromatic carbocycles. The SMILES string of the molecule is C[C@@H](C(N)=O)n1cc(Br)cn1. The summed E-state index contributed by atoms with van der Waals surface area (Å²) >= 11 is 3.21. The van der Waals surface area contributed by atoms with Crippen molar-refractivity contribution in [2.24, 2.45) is 5.73 Å². The number of carbonyl (C=O) groups is 1. The van der Waals surface area contributed by atoms with Gasteiger partial charge in [-0.1, -0.05) is 0 Å². The number of halogens is 1. The molecule has 2 N–H and O–H groups in total. The molecule has 11 heavy (non-hydrogen) atoms. The number of hydrogen-bond acceptors (Lipinski definition) is 2. The van der Waals surface area contributed by atoms with E-state index in [1.54, 1.807) is 19.3 Å². The number of carbonyl (C=O) groups excluding carboxylic acids is 1. The van der Waals surface area contributed by atoms with Gasteiger partial charge < -0.3 is 5.73 Å². The normalized spacial score (nSPS) is 12.9. The molecule has 0 spiro atoms. The van der Waals surface area contributed by atoms with Crippen molar-refractivity contribution < 1.29 is 4.79 Å². The zero-order chi connectivity index (χ0) is 8.43. The smallest absolute Gasteiger partial charge is 0.241 e. The average molecular weight is 218 g/mol. The summed E-state index contributed by atoms with van der Waals surface area (Å²) in [5.41, 5.74) is 5.06. The molecule has 1 aromatic rings. The summed E-state index contributed by atoms with van der Waals surface area (Å²) in [5.74, 6) is -0.388. The van der Waals surface area contributed by atoms with Crippen LogP contribution in [0.2, 0.25) is 0 Å². The van der Waals surface area contributed by atoms with Gasteiger partial charge in [-0.25, -0.2) is 0 Å². The van der Waals surface area contributed by atoms with E-state index < -0.39 is 0 Å². The minimum absolute atomic E-state index is 0.388. The van der Waals surface area contributed by atoms with Crippen molar-refractivity contribution in [3.8, 4) is 0 Å². The molecule has 1 rings (SSSR count). The fourth-order valence-corrected chi connectivity index (χ4v) is 0.958. The highest BCUT2D eigenvalue weighted by molar-refractivity contribution is 9.10. The molecule has 0 bridgehead atoms. The van der Waals surface area contributed by atoms with E-state index in [1.165, 1.54) is 4.68 Å². The van der Waals surface area contributed by atoms with Crippen LogP contribution in [-0.2, 0) is 4.79 Å². The maximum Gasteiger partial charge on any atom is 0.241 e. The van der Waals surface area contributed by atoms with Gasteiger partial charge in [0, 0.05) is 6.20 Å². The zero-order valence-electron chi connectivity index (χ0n) is 5.99. The minimum Gasteiger partial charge on any atom is -0.368 e. The summed E-state index contributed by atoms with van der Waals surface area (Å²) in [6, 6.07) is -0.388. The Bertz CT molecular complexity index is 271. The fraction of sp³-hybridized carbons (Fsp3) is 0.333. The number of rotatable bonds is 2. The van der Waals surface area contributed by atoms with E-state index in [9.17, 15) is 4.79 Å².